The summed E-state index contributed by atoms with van der Waals surface area (Å²) in [6.07, 6.45) is 0.781. The van der Waals surface area contributed by atoms with Crippen molar-refractivity contribution in [1.82, 2.24) is 4.57 Å². The first-order valence-electron chi connectivity index (χ1n) is 13.6. The maximum Gasteiger partial charge on any atom is 0.364 e. The smallest absolute Gasteiger partial charge is 0.364 e. The summed E-state index contributed by atoms with van der Waals surface area (Å²) in [5, 5.41) is 23.4. The van der Waals surface area contributed by atoms with Crippen LogP contribution in [0.15, 0.2) is 106 Å². The van der Waals surface area contributed by atoms with Crippen molar-refractivity contribution in [1.29, 1.82) is 0 Å². The van der Waals surface area contributed by atoms with Crippen molar-refractivity contribution < 1.29 is 19.4 Å². The quantitative estimate of drug-likeness (QED) is 0.0942. The van der Waals surface area contributed by atoms with Gasteiger partial charge in [-0.15, -0.1) is 16.9 Å². The van der Waals surface area contributed by atoms with Crippen molar-refractivity contribution in [2.75, 3.05) is 18.2 Å². The fourth-order valence-electron chi connectivity index (χ4n) is 4.75. The molecule has 2 N–H and O–H groups in total. The van der Waals surface area contributed by atoms with Crippen LogP contribution in [0.5, 0.6) is 5.88 Å². The Hall–Kier alpha value is -4.31. The van der Waals surface area contributed by atoms with E-state index in [1.165, 1.54) is 13.2 Å². The second kappa shape index (κ2) is 14.0. The van der Waals surface area contributed by atoms with Gasteiger partial charge >= 0.3 is 12.0 Å². The number of thioether (sulfide) groups is 1. The SMILES string of the molecule is COC(=O)c1ccc(CCSc2ccc3c(c2)c(N=NC(=O)Nc2ccc(Cl)c(Cl)c2)c(O)n3C(C)c2ccccc2)cc1. The predicted octanol–water partition coefficient (Wildman–Crippen LogP) is 9.70. The molecule has 1 unspecified atom stereocenters. The number of urea groups is 1. The lowest BCUT2D eigenvalue weighted by molar-refractivity contribution is 0.0600. The number of rotatable bonds is 9. The van der Waals surface area contributed by atoms with Gasteiger partial charge in [0.2, 0.25) is 5.88 Å². The Labute approximate surface area is 268 Å². The Kier molecular flexibility index (Phi) is 9.89. The molecule has 0 aliphatic heterocycles. The van der Waals surface area contributed by atoms with Crippen molar-refractivity contribution in [2.45, 2.75) is 24.3 Å². The van der Waals surface area contributed by atoms with Gasteiger partial charge in [-0.2, -0.15) is 0 Å². The molecular formula is C33H28Cl2N4O4S. The lowest BCUT2D eigenvalue weighted by Crippen LogP contribution is -2.06. The molecule has 0 saturated carbocycles. The molecule has 1 heterocycles. The molecule has 44 heavy (non-hydrogen) atoms. The zero-order chi connectivity index (χ0) is 31.2. The average Bonchev–Trinajstić information content (AvgIpc) is 3.31. The van der Waals surface area contributed by atoms with E-state index in [9.17, 15) is 14.7 Å². The number of hydrogen-bond donors (Lipinski definition) is 2. The summed E-state index contributed by atoms with van der Waals surface area (Å²) in [5.74, 6) is 0.310. The number of carbonyl (C=O) groups excluding carboxylic acids is 2. The number of anilines is 1. The Morgan fingerprint density at radius 3 is 2.43 bits per heavy atom. The van der Waals surface area contributed by atoms with Crippen LogP contribution in [0.25, 0.3) is 10.9 Å². The Morgan fingerprint density at radius 2 is 1.73 bits per heavy atom. The van der Waals surface area contributed by atoms with Crippen LogP contribution in [-0.2, 0) is 11.2 Å². The topological polar surface area (TPSA) is 105 Å². The van der Waals surface area contributed by atoms with Crippen molar-refractivity contribution in [3.63, 3.8) is 0 Å². The van der Waals surface area contributed by atoms with Crippen LogP contribution < -0.4 is 5.32 Å². The first-order valence-corrected chi connectivity index (χ1v) is 15.4. The minimum atomic E-state index is -0.733. The van der Waals surface area contributed by atoms with Gasteiger partial charge in [0.1, 0.15) is 0 Å². The van der Waals surface area contributed by atoms with E-state index in [-0.39, 0.29) is 23.6 Å². The normalized spacial score (nSPS) is 12.0. The van der Waals surface area contributed by atoms with E-state index in [2.05, 4.69) is 15.5 Å². The van der Waals surface area contributed by atoms with Crippen LogP contribution in [0.1, 0.15) is 34.5 Å². The van der Waals surface area contributed by atoms with Gasteiger partial charge in [0.25, 0.3) is 0 Å². The van der Waals surface area contributed by atoms with Gasteiger partial charge in [0, 0.05) is 21.7 Å². The maximum atomic E-state index is 12.6. The number of fused-ring (bicyclic) bond motifs is 1. The Bertz CT molecular complexity index is 1840. The van der Waals surface area contributed by atoms with E-state index in [0.717, 1.165) is 33.7 Å². The van der Waals surface area contributed by atoms with Gasteiger partial charge in [-0.3, -0.25) is 0 Å². The van der Waals surface area contributed by atoms with E-state index in [1.54, 1.807) is 40.6 Å². The standard InChI is InChI=1S/C33H28Cl2N4O4S/c1-20(22-6-4-3-5-7-22)39-29-15-13-25(44-17-16-21-8-10-23(11-9-21)32(41)43-2)19-26(29)30(31(39)40)37-38-33(42)36-24-12-14-27(34)28(35)18-24/h3-15,18-20,40H,16-17H2,1-2H3,(H,36,42). The van der Waals surface area contributed by atoms with Crippen LogP contribution in [0.2, 0.25) is 10.0 Å². The highest BCUT2D eigenvalue weighted by molar-refractivity contribution is 7.99. The van der Waals surface area contributed by atoms with Crippen molar-refractivity contribution in [2.24, 2.45) is 10.2 Å². The number of methoxy groups -OCH3 is 1. The molecular weight excluding hydrogens is 619 g/mol. The molecule has 0 radical (unpaired) electrons. The van der Waals surface area contributed by atoms with Gasteiger partial charge in [0.05, 0.1) is 34.3 Å². The number of ether oxygens (including phenoxy) is 1. The molecule has 0 aliphatic carbocycles. The number of aromatic hydroxyl groups is 1. The molecule has 11 heteroatoms. The monoisotopic (exact) mass is 646 g/mol. The van der Waals surface area contributed by atoms with Gasteiger partial charge in [0.15, 0.2) is 5.69 Å². The van der Waals surface area contributed by atoms with Crippen molar-refractivity contribution in [3.8, 4) is 5.88 Å². The molecule has 1 atom stereocenters. The fraction of sp³-hybridized carbons (Fsp3) is 0.152. The highest BCUT2D eigenvalue weighted by atomic mass is 35.5. The number of nitrogens with zero attached hydrogens (tertiary/aromatic N) is 3. The Balaban J connectivity index is 1.41. The lowest BCUT2D eigenvalue weighted by Gasteiger charge is -2.17. The summed E-state index contributed by atoms with van der Waals surface area (Å²) in [4.78, 5) is 25.3. The van der Waals surface area contributed by atoms with Gasteiger partial charge in [-0.25, -0.2) is 9.59 Å². The number of carbonyl (C=O) groups is 2. The van der Waals surface area contributed by atoms with E-state index in [0.29, 0.717) is 26.7 Å². The number of aryl methyl sites for hydroxylation is 1. The fourth-order valence-corrected chi connectivity index (χ4v) is 5.99. The third-order valence-corrected chi connectivity index (χ3v) is 8.77. The molecule has 0 aliphatic rings. The number of benzene rings is 4. The first kappa shape index (κ1) is 31.1. The second-order valence-corrected chi connectivity index (χ2v) is 11.8. The molecule has 4 aromatic carbocycles. The van der Waals surface area contributed by atoms with Crippen molar-refractivity contribution >= 4 is 69.2 Å². The predicted molar refractivity (Wildman–Crippen MR) is 176 cm³/mol. The van der Waals surface area contributed by atoms with Gasteiger partial charge in [-0.1, -0.05) is 70.8 Å². The third-order valence-electron chi connectivity index (χ3n) is 7.04. The Morgan fingerprint density at radius 1 is 0.977 bits per heavy atom. The summed E-state index contributed by atoms with van der Waals surface area (Å²) in [5.41, 5.74) is 3.95. The van der Waals surface area contributed by atoms with E-state index >= 15 is 0 Å². The molecule has 8 nitrogen and oxygen atoms in total. The molecule has 2 amide bonds. The number of esters is 1. The minimum Gasteiger partial charge on any atom is -0.493 e. The number of azo groups is 1. The molecule has 224 valence electrons. The molecule has 0 bridgehead atoms. The zero-order valence-corrected chi connectivity index (χ0v) is 26.2. The summed E-state index contributed by atoms with van der Waals surface area (Å²) in [6.45, 7) is 1.99. The van der Waals surface area contributed by atoms with Crippen LogP contribution in [0.3, 0.4) is 0 Å². The zero-order valence-electron chi connectivity index (χ0n) is 23.8. The number of aromatic nitrogens is 1. The van der Waals surface area contributed by atoms with Gasteiger partial charge < -0.3 is 19.7 Å². The molecule has 0 saturated heterocycles. The average molecular weight is 648 g/mol. The van der Waals surface area contributed by atoms with Gasteiger partial charge in [-0.05, 0) is 73.0 Å². The number of hydrogen-bond acceptors (Lipinski definition) is 6. The van der Waals surface area contributed by atoms with E-state index in [4.69, 9.17) is 27.9 Å². The molecule has 5 rings (SSSR count). The van der Waals surface area contributed by atoms with E-state index < -0.39 is 6.03 Å². The number of nitrogens with one attached hydrogen (secondary N) is 1. The summed E-state index contributed by atoms with van der Waals surface area (Å²) >= 11 is 13.7. The lowest BCUT2D eigenvalue weighted by atomic mass is 10.1. The van der Waals surface area contributed by atoms with Crippen LogP contribution >= 0.6 is 35.0 Å². The summed E-state index contributed by atoms with van der Waals surface area (Å²) in [6, 6.07) is 26.8. The minimum absolute atomic E-state index is 0.102. The highest BCUT2D eigenvalue weighted by Crippen LogP contribution is 2.43. The third kappa shape index (κ3) is 7.07. The highest BCUT2D eigenvalue weighted by Gasteiger charge is 2.22. The molecule has 0 fully saturated rings. The van der Waals surface area contributed by atoms with Crippen LogP contribution in [0, 0.1) is 0 Å². The van der Waals surface area contributed by atoms with E-state index in [1.807, 2.05) is 67.6 Å². The molecule has 1 aromatic heterocycles. The van der Waals surface area contributed by atoms with Crippen LogP contribution in [-0.4, -0.2) is 34.5 Å². The first-order chi connectivity index (χ1) is 21.2. The number of amides is 2. The number of halogens is 2. The second-order valence-electron chi connectivity index (χ2n) is 9.85. The summed E-state index contributed by atoms with van der Waals surface area (Å²) < 4.78 is 6.55. The largest absolute Gasteiger partial charge is 0.493 e. The molecule has 5 aromatic rings. The molecule has 0 spiro atoms. The van der Waals surface area contributed by atoms with Crippen LogP contribution in [0.4, 0.5) is 16.2 Å². The van der Waals surface area contributed by atoms with Crippen molar-refractivity contribution in [3.05, 3.63) is 118 Å². The maximum absolute atomic E-state index is 12.6. The summed E-state index contributed by atoms with van der Waals surface area (Å²) in [7, 11) is 1.36.